The van der Waals surface area contributed by atoms with Gasteiger partial charge in [-0.05, 0) is 30.9 Å². The summed E-state index contributed by atoms with van der Waals surface area (Å²) in [5.74, 6) is -1.38. The molecule has 4 aromatic rings. The van der Waals surface area contributed by atoms with Crippen LogP contribution in [-0.4, -0.2) is 92.7 Å². The highest BCUT2D eigenvalue weighted by molar-refractivity contribution is 5.95. The summed E-state index contributed by atoms with van der Waals surface area (Å²) in [6.45, 7) is 7.83. The fourth-order valence-corrected chi connectivity index (χ4v) is 6.75. The average molecular weight is 722 g/mol. The van der Waals surface area contributed by atoms with E-state index in [0.29, 0.717) is 34.5 Å². The first-order chi connectivity index (χ1) is 25.5. The van der Waals surface area contributed by atoms with Gasteiger partial charge in [0, 0.05) is 60.4 Å². The lowest BCUT2D eigenvalue weighted by Crippen LogP contribution is -2.56. The molecule has 0 spiro atoms. The Morgan fingerprint density at radius 2 is 1.91 bits per heavy atom. The number of aromatic nitrogens is 3. The van der Waals surface area contributed by atoms with E-state index in [9.17, 15) is 24.3 Å². The second kappa shape index (κ2) is 15.7. The van der Waals surface area contributed by atoms with Crippen molar-refractivity contribution in [3.8, 4) is 22.8 Å². The summed E-state index contributed by atoms with van der Waals surface area (Å²) in [6.07, 6.45) is 5.91. The molecule has 1 aliphatic carbocycles. The molecular weight excluding hydrogens is 678 g/mol. The van der Waals surface area contributed by atoms with Crippen LogP contribution in [0.3, 0.4) is 0 Å². The third kappa shape index (κ3) is 8.21. The Labute approximate surface area is 307 Å². The molecule has 1 saturated heterocycles. The maximum Gasteiger partial charge on any atom is 0.330 e. The number of carboxylic acids is 1. The average Bonchev–Trinajstić information content (AvgIpc) is 3.72. The van der Waals surface area contributed by atoms with Gasteiger partial charge in [-0.1, -0.05) is 50.3 Å². The summed E-state index contributed by atoms with van der Waals surface area (Å²) in [5.41, 5.74) is 0.817. The van der Waals surface area contributed by atoms with Crippen LogP contribution < -0.4 is 25.4 Å². The maximum atomic E-state index is 14.1. The van der Waals surface area contributed by atoms with E-state index in [-0.39, 0.29) is 37.5 Å². The number of likely N-dealkylation sites (tertiary alicyclic amines) is 1. The van der Waals surface area contributed by atoms with Gasteiger partial charge < -0.3 is 35.4 Å². The predicted molar refractivity (Wildman–Crippen MR) is 196 cm³/mol. The third-order valence-corrected chi connectivity index (χ3v) is 9.58. The van der Waals surface area contributed by atoms with Crippen LogP contribution in [0.15, 0.2) is 85.8 Å². The number of rotatable bonds is 14. The first-order valence-electron chi connectivity index (χ1n) is 17.5. The molecule has 0 radical (unpaired) electrons. The van der Waals surface area contributed by atoms with Gasteiger partial charge in [-0.3, -0.25) is 14.6 Å². The van der Waals surface area contributed by atoms with E-state index in [4.69, 9.17) is 14.5 Å². The Hall–Kier alpha value is -6.05. The monoisotopic (exact) mass is 721 g/mol. The van der Waals surface area contributed by atoms with Crippen LogP contribution in [0.25, 0.3) is 22.2 Å². The Balaban J connectivity index is 1.27. The molecule has 14 nitrogen and oxygen atoms in total. The summed E-state index contributed by atoms with van der Waals surface area (Å²) in [5, 5.41) is 19.3. The highest BCUT2D eigenvalue weighted by Crippen LogP contribution is 2.45. The van der Waals surface area contributed by atoms with E-state index < -0.39 is 53.5 Å². The number of methoxy groups -OCH3 is 1. The summed E-state index contributed by atoms with van der Waals surface area (Å²) < 4.78 is 12.1. The Kier molecular flexibility index (Phi) is 10.9. The van der Waals surface area contributed by atoms with Crippen LogP contribution in [0.1, 0.15) is 43.6 Å². The van der Waals surface area contributed by atoms with Crippen molar-refractivity contribution in [1.29, 1.82) is 0 Å². The SMILES string of the molecule is C=C[C@@H]1C[C@]1(NC(=O)[C@@H]1C[C@@H](Oc2cc(-c3ccccc3)nc3cc(OC)ccc23)CN1C(=O)N[C@H](CNC(=O)c1cnccn1)CC(C)C)C(=O)O. The van der Waals surface area contributed by atoms with Gasteiger partial charge in [0.15, 0.2) is 0 Å². The lowest BCUT2D eigenvalue weighted by atomic mass is 10.0. The number of urea groups is 1. The zero-order valence-electron chi connectivity index (χ0n) is 29.8. The molecule has 1 saturated carbocycles. The predicted octanol–water partition coefficient (Wildman–Crippen LogP) is 4.22. The van der Waals surface area contributed by atoms with E-state index >= 15 is 0 Å². The molecule has 6 rings (SSSR count). The number of carbonyl (C=O) groups excluding carboxylic acids is 3. The van der Waals surface area contributed by atoms with Crippen LogP contribution in [0.5, 0.6) is 11.5 Å². The molecular formula is C39H43N7O7. The second-order valence-corrected chi connectivity index (χ2v) is 13.8. The Bertz CT molecular complexity index is 1990. The van der Waals surface area contributed by atoms with E-state index in [1.54, 1.807) is 13.2 Å². The number of hydrogen-bond acceptors (Lipinski definition) is 9. The zero-order valence-corrected chi connectivity index (χ0v) is 29.8. The normalized spacial score (nSPS) is 21.1. The topological polar surface area (TPSA) is 185 Å². The van der Waals surface area contributed by atoms with Crippen LogP contribution in [0.4, 0.5) is 4.79 Å². The molecule has 2 aromatic carbocycles. The molecule has 276 valence electrons. The van der Waals surface area contributed by atoms with Crippen LogP contribution in [0.2, 0.25) is 0 Å². The summed E-state index contributed by atoms with van der Waals surface area (Å²) in [7, 11) is 1.58. The van der Waals surface area contributed by atoms with Gasteiger partial charge in [-0.15, -0.1) is 6.58 Å². The first kappa shape index (κ1) is 36.7. The lowest BCUT2D eigenvalue weighted by Gasteiger charge is -2.29. The molecule has 4 N–H and O–H groups in total. The maximum absolute atomic E-state index is 14.1. The number of carbonyl (C=O) groups is 4. The number of amides is 4. The minimum absolute atomic E-state index is 0.0237. The summed E-state index contributed by atoms with van der Waals surface area (Å²) in [4.78, 5) is 67.3. The van der Waals surface area contributed by atoms with E-state index in [1.165, 1.54) is 29.6 Å². The number of carboxylic acid groups (broad SMARTS) is 1. The van der Waals surface area contributed by atoms with E-state index in [2.05, 4.69) is 32.5 Å². The second-order valence-electron chi connectivity index (χ2n) is 13.8. The molecule has 2 aliphatic rings. The number of nitrogens with one attached hydrogen (secondary N) is 3. The number of hydrogen-bond donors (Lipinski definition) is 4. The van der Waals surface area contributed by atoms with Gasteiger partial charge in [0.05, 0.1) is 31.1 Å². The fourth-order valence-electron chi connectivity index (χ4n) is 6.75. The lowest BCUT2D eigenvalue weighted by molar-refractivity contribution is -0.144. The van der Waals surface area contributed by atoms with Crippen molar-refractivity contribution in [2.45, 2.75) is 56.8 Å². The fraction of sp³-hybridized carbons (Fsp3) is 0.359. The number of aliphatic carboxylic acids is 1. The van der Waals surface area contributed by atoms with Crippen LogP contribution in [-0.2, 0) is 9.59 Å². The Morgan fingerprint density at radius 1 is 1.11 bits per heavy atom. The molecule has 0 unspecified atom stereocenters. The molecule has 2 aromatic heterocycles. The third-order valence-electron chi connectivity index (χ3n) is 9.58. The minimum atomic E-state index is -1.49. The number of benzene rings is 2. The molecule has 0 bridgehead atoms. The van der Waals surface area contributed by atoms with E-state index in [0.717, 1.165) is 5.56 Å². The van der Waals surface area contributed by atoms with Gasteiger partial charge in [-0.25, -0.2) is 19.6 Å². The minimum Gasteiger partial charge on any atom is -0.497 e. The van der Waals surface area contributed by atoms with Crippen molar-refractivity contribution < 1.29 is 33.8 Å². The largest absolute Gasteiger partial charge is 0.497 e. The standard InChI is InChI=1S/C39H43N7O7/c1-5-25-19-39(25,37(49)50)45-36(48)33-17-28(22-46(33)38(51)43-26(15-23(2)3)20-42-35(47)32-21-40-13-14-41-32)53-34-18-30(24-9-7-6-8-10-24)44-31-16-27(52-4)11-12-29(31)34/h5-14,16,18,21,23,25-26,28,33H,1,15,17,19-20,22H2,2-4H3,(H,42,47)(H,43,51)(H,45,48)(H,49,50)/t25-,26+,28-,33+,39-/m1/s1. The summed E-state index contributed by atoms with van der Waals surface area (Å²) in [6, 6.07) is 14.8. The Morgan fingerprint density at radius 3 is 2.57 bits per heavy atom. The highest BCUT2D eigenvalue weighted by Gasteiger charge is 2.61. The molecule has 4 amide bonds. The van der Waals surface area contributed by atoms with Crippen molar-refractivity contribution in [2.75, 3.05) is 20.2 Å². The van der Waals surface area contributed by atoms with Crippen molar-refractivity contribution in [1.82, 2.24) is 35.8 Å². The molecule has 1 aliphatic heterocycles. The number of pyridine rings is 1. The zero-order chi connectivity index (χ0) is 37.7. The van der Waals surface area contributed by atoms with Crippen molar-refractivity contribution >= 4 is 34.7 Å². The summed E-state index contributed by atoms with van der Waals surface area (Å²) >= 11 is 0. The highest BCUT2D eigenvalue weighted by atomic mass is 16.5. The number of nitrogens with zero attached hydrogens (tertiary/aromatic N) is 4. The molecule has 2 fully saturated rings. The number of fused-ring (bicyclic) bond motifs is 1. The molecule has 14 heteroatoms. The molecule has 3 heterocycles. The van der Waals surface area contributed by atoms with Crippen molar-refractivity contribution in [3.05, 3.63) is 91.5 Å². The van der Waals surface area contributed by atoms with E-state index in [1.807, 2.05) is 62.4 Å². The van der Waals surface area contributed by atoms with Crippen LogP contribution in [0, 0.1) is 11.8 Å². The first-order valence-corrected chi connectivity index (χ1v) is 17.5. The smallest absolute Gasteiger partial charge is 0.330 e. The number of ether oxygens (including phenoxy) is 2. The van der Waals surface area contributed by atoms with Gasteiger partial charge in [0.1, 0.15) is 34.9 Å². The quantitative estimate of drug-likeness (QED) is 0.138. The van der Waals surface area contributed by atoms with Gasteiger partial charge in [0.2, 0.25) is 5.91 Å². The van der Waals surface area contributed by atoms with Gasteiger partial charge in [-0.2, -0.15) is 0 Å². The van der Waals surface area contributed by atoms with Crippen molar-refractivity contribution in [2.24, 2.45) is 11.8 Å². The van der Waals surface area contributed by atoms with Gasteiger partial charge >= 0.3 is 12.0 Å². The van der Waals surface area contributed by atoms with Crippen molar-refractivity contribution in [3.63, 3.8) is 0 Å². The molecule has 5 atom stereocenters. The van der Waals surface area contributed by atoms with Gasteiger partial charge in [0.25, 0.3) is 5.91 Å². The molecule has 53 heavy (non-hydrogen) atoms. The van der Waals surface area contributed by atoms with Crippen LogP contribution >= 0.6 is 0 Å².